The topological polar surface area (TPSA) is 22.9 Å². The zero-order valence-electron chi connectivity index (χ0n) is 17.2. The second-order valence-electron chi connectivity index (χ2n) is 7.99. The van der Waals surface area contributed by atoms with Gasteiger partial charge in [-0.25, -0.2) is 0 Å². The van der Waals surface area contributed by atoms with Gasteiger partial charge in [0, 0.05) is 23.1 Å². The van der Waals surface area contributed by atoms with Gasteiger partial charge in [-0.1, -0.05) is 66.7 Å². The van der Waals surface area contributed by atoms with Crippen molar-refractivity contribution in [1.29, 1.82) is 0 Å². The molecule has 0 bridgehead atoms. The van der Waals surface area contributed by atoms with Crippen LogP contribution in [0.4, 0.5) is 0 Å². The summed E-state index contributed by atoms with van der Waals surface area (Å²) in [6, 6.07) is 29.2. The molecular formula is C28H24O2. The summed E-state index contributed by atoms with van der Waals surface area (Å²) in [5.74, 6) is 1.23. The van der Waals surface area contributed by atoms with E-state index in [1.165, 1.54) is 22.3 Å². The average molecular weight is 392 g/mol. The number of phenolic OH excluding ortho intramolecular Hbond substituents is 1. The minimum atomic E-state index is 0.00773. The molecule has 0 aliphatic heterocycles. The molecule has 0 saturated carbocycles. The molecule has 4 aromatic rings. The maximum absolute atomic E-state index is 11.5. The highest BCUT2D eigenvalue weighted by Crippen LogP contribution is 2.52. The summed E-state index contributed by atoms with van der Waals surface area (Å²) in [5, 5.41) is 11.5. The molecular weight excluding hydrogens is 368 g/mol. The van der Waals surface area contributed by atoms with Crippen LogP contribution in [0.5, 0.6) is 11.5 Å². The van der Waals surface area contributed by atoms with E-state index in [4.69, 9.17) is 0 Å². The van der Waals surface area contributed by atoms with Gasteiger partial charge in [-0.05, 0) is 54.0 Å². The highest BCUT2D eigenvalue weighted by molar-refractivity contribution is 5.84. The Bertz CT molecular complexity index is 1210. The zero-order chi connectivity index (χ0) is 20.8. The molecule has 1 N–H and O–H groups in total. The van der Waals surface area contributed by atoms with Gasteiger partial charge < -0.3 is 9.47 Å². The van der Waals surface area contributed by atoms with Gasteiger partial charge in [0.1, 0.15) is 12.9 Å². The first-order valence-corrected chi connectivity index (χ1v) is 10.1. The lowest BCUT2D eigenvalue weighted by Gasteiger charge is -2.25. The zero-order valence-corrected chi connectivity index (χ0v) is 17.2. The number of aryl methyl sites for hydroxylation is 1. The molecule has 30 heavy (non-hydrogen) atoms. The fourth-order valence-corrected chi connectivity index (χ4v) is 4.72. The van der Waals surface area contributed by atoms with Gasteiger partial charge in [0.05, 0.1) is 5.56 Å². The summed E-state index contributed by atoms with van der Waals surface area (Å²) in [6.07, 6.45) is 0. The van der Waals surface area contributed by atoms with E-state index >= 15 is 0 Å². The molecule has 2 nitrogen and oxygen atoms in total. The van der Waals surface area contributed by atoms with Crippen LogP contribution in [-0.4, -0.2) is 12.2 Å². The summed E-state index contributed by atoms with van der Waals surface area (Å²) >= 11 is 0. The summed E-state index contributed by atoms with van der Waals surface area (Å²) in [6.45, 7) is 2.09. The van der Waals surface area contributed by atoms with Crippen LogP contribution in [0.2, 0.25) is 0 Å². The first-order valence-electron chi connectivity index (χ1n) is 10.1. The lowest BCUT2D eigenvalue weighted by molar-refractivity contribution is 0.0927. The summed E-state index contributed by atoms with van der Waals surface area (Å²) < 4.78 is 2.70. The van der Waals surface area contributed by atoms with E-state index < -0.39 is 0 Å². The predicted octanol–water partition coefficient (Wildman–Crippen LogP) is 7.22. The molecule has 0 atom stereocenters. The maximum atomic E-state index is 11.5. The Balaban J connectivity index is 1.77. The smallest absolute Gasteiger partial charge is 0.234 e. The molecule has 0 fully saturated rings. The second kappa shape index (κ2) is 7.07. The molecule has 0 saturated heterocycles. The molecule has 0 amide bonds. The van der Waals surface area contributed by atoms with Gasteiger partial charge in [-0.15, -0.1) is 0 Å². The van der Waals surface area contributed by atoms with Crippen LogP contribution in [0.15, 0.2) is 84.9 Å². The molecule has 4 aromatic carbocycles. The molecule has 1 aliphatic carbocycles. The Hall–Kier alpha value is -3.52. The Kier molecular flexibility index (Phi) is 4.36. The van der Waals surface area contributed by atoms with E-state index in [0.717, 1.165) is 28.0 Å². The molecule has 1 aliphatic rings. The Labute approximate surface area is 177 Å². The first kappa shape index (κ1) is 18.5. The van der Waals surface area contributed by atoms with Crippen molar-refractivity contribution >= 4 is 0 Å². The van der Waals surface area contributed by atoms with Crippen molar-refractivity contribution in [3.05, 3.63) is 114 Å². The van der Waals surface area contributed by atoms with Crippen molar-refractivity contribution in [2.24, 2.45) is 0 Å². The normalized spacial score (nSPS) is 12.5. The van der Waals surface area contributed by atoms with Crippen molar-refractivity contribution in [1.82, 2.24) is 0 Å². The van der Waals surface area contributed by atoms with Crippen molar-refractivity contribution < 1.29 is 9.47 Å². The first-order chi connectivity index (χ1) is 14.6. The predicted molar refractivity (Wildman–Crippen MR) is 123 cm³/mol. The van der Waals surface area contributed by atoms with Gasteiger partial charge >= 0.3 is 0 Å². The van der Waals surface area contributed by atoms with Gasteiger partial charge in [-0.3, -0.25) is 0 Å². The number of rotatable bonds is 3. The van der Waals surface area contributed by atoms with E-state index in [2.05, 4.69) is 79.1 Å². The standard InChI is InChI=1S/C28H24O2/c1-18-16-24(21-12-8-9-15-26(21)30(2)3)28(29)25(17-18)27-22-13-6-4-10-19(22)20-11-5-7-14-23(20)27/h4-17,27,29H,2H2,1,3H3. The SMILES string of the molecule is [CH2-][O+](C)c1ccccc1-c1cc(C)cc(C2c3ccccc3-c3ccccc32)c1O. The maximum Gasteiger partial charge on any atom is 0.234 e. The molecule has 0 spiro atoms. The average Bonchev–Trinajstić information content (AvgIpc) is 3.09. The summed E-state index contributed by atoms with van der Waals surface area (Å²) in [7, 11) is 5.82. The number of aromatic hydroxyl groups is 1. The van der Waals surface area contributed by atoms with Crippen LogP contribution in [0.25, 0.3) is 22.3 Å². The number of hydrogen-bond donors (Lipinski definition) is 1. The van der Waals surface area contributed by atoms with Crippen molar-refractivity contribution in [2.75, 3.05) is 7.11 Å². The second-order valence-corrected chi connectivity index (χ2v) is 7.99. The third-order valence-corrected chi connectivity index (χ3v) is 5.98. The fourth-order valence-electron chi connectivity index (χ4n) is 4.72. The van der Waals surface area contributed by atoms with Gasteiger partial charge in [0.25, 0.3) is 0 Å². The lowest BCUT2D eigenvalue weighted by atomic mass is 9.85. The lowest BCUT2D eigenvalue weighted by Crippen LogP contribution is -2.02. The molecule has 0 unspecified atom stereocenters. The highest BCUT2D eigenvalue weighted by atomic mass is 16.7. The van der Waals surface area contributed by atoms with Crippen LogP contribution in [0.1, 0.15) is 28.2 Å². The van der Waals surface area contributed by atoms with E-state index in [-0.39, 0.29) is 5.92 Å². The summed E-state index contributed by atoms with van der Waals surface area (Å²) in [4.78, 5) is 0. The van der Waals surface area contributed by atoms with E-state index in [1.807, 2.05) is 31.4 Å². The number of para-hydroxylation sites is 1. The van der Waals surface area contributed by atoms with Crippen LogP contribution in [0, 0.1) is 14.0 Å². The Morgan fingerprint density at radius 2 is 1.23 bits per heavy atom. The van der Waals surface area contributed by atoms with Crippen LogP contribution in [0.3, 0.4) is 0 Å². The number of hydrogen-bond acceptors (Lipinski definition) is 1. The van der Waals surface area contributed by atoms with E-state index in [0.29, 0.717) is 5.75 Å². The molecule has 148 valence electrons. The largest absolute Gasteiger partial charge is 0.713 e. The molecule has 5 rings (SSSR count). The quantitative estimate of drug-likeness (QED) is 0.254. The van der Waals surface area contributed by atoms with Crippen molar-refractivity contribution in [3.8, 4) is 33.8 Å². The van der Waals surface area contributed by atoms with Crippen LogP contribution >= 0.6 is 0 Å². The third kappa shape index (κ3) is 2.80. The van der Waals surface area contributed by atoms with E-state index in [1.54, 1.807) is 0 Å². The van der Waals surface area contributed by atoms with E-state index in [9.17, 15) is 5.11 Å². The number of phenols is 1. The monoisotopic (exact) mass is 392 g/mol. The number of fused-ring (bicyclic) bond motifs is 3. The van der Waals surface area contributed by atoms with Gasteiger partial charge in [0.2, 0.25) is 5.75 Å². The molecule has 0 radical (unpaired) electrons. The minimum Gasteiger partial charge on any atom is -0.713 e. The van der Waals surface area contributed by atoms with Crippen molar-refractivity contribution in [3.63, 3.8) is 0 Å². The molecule has 0 aromatic heterocycles. The fraction of sp³-hybridized carbons (Fsp3) is 0.107. The third-order valence-electron chi connectivity index (χ3n) is 5.98. The highest BCUT2D eigenvalue weighted by Gasteiger charge is 2.32. The molecule has 0 heterocycles. The van der Waals surface area contributed by atoms with Gasteiger partial charge in [0.15, 0.2) is 0 Å². The molecule has 2 heteroatoms. The van der Waals surface area contributed by atoms with Crippen molar-refractivity contribution in [2.45, 2.75) is 12.8 Å². The minimum absolute atomic E-state index is 0.00773. The number of benzene rings is 4. The van der Waals surface area contributed by atoms with Gasteiger partial charge in [-0.2, -0.15) is 0 Å². The summed E-state index contributed by atoms with van der Waals surface area (Å²) in [5.41, 5.74) is 8.79. The Morgan fingerprint density at radius 1 is 0.700 bits per heavy atom. The van der Waals surface area contributed by atoms with Crippen LogP contribution < -0.4 is 0 Å². The van der Waals surface area contributed by atoms with Crippen LogP contribution in [-0.2, 0) is 4.37 Å². The Morgan fingerprint density at radius 3 is 1.83 bits per heavy atom.